The molecule has 0 amide bonds. The van der Waals surface area contributed by atoms with E-state index in [2.05, 4.69) is 10.7 Å². The number of ether oxygens (including phenoxy) is 2. The smallest absolute Gasteiger partial charge is 0.342 e. The van der Waals surface area contributed by atoms with Crippen LogP contribution >= 0.6 is 0 Å². The van der Waals surface area contributed by atoms with Gasteiger partial charge in [0.25, 0.3) is 5.56 Å². The Bertz CT molecular complexity index is 1570. The van der Waals surface area contributed by atoms with Crippen molar-refractivity contribution < 1.29 is 28.9 Å². The third-order valence-corrected chi connectivity index (χ3v) is 7.50. The minimum atomic E-state index is -1.94. The molecule has 0 radical (unpaired) electrons. The number of aliphatic hydroxyl groups excluding tert-OH is 1. The average molecular weight is 537 g/mol. The van der Waals surface area contributed by atoms with Gasteiger partial charge in [-0.15, -0.1) is 6.42 Å². The van der Waals surface area contributed by atoms with Crippen LogP contribution in [0.4, 0.5) is 4.39 Å². The molecule has 1 aliphatic carbocycles. The Morgan fingerprint density at radius 3 is 2.62 bits per heavy atom. The van der Waals surface area contributed by atoms with Crippen molar-refractivity contribution in [1.82, 2.24) is 9.55 Å². The number of hydrogen-bond acceptors (Lipinski definition) is 7. The topological polar surface area (TPSA) is 111 Å². The third kappa shape index (κ3) is 4.42. The van der Waals surface area contributed by atoms with Gasteiger partial charge in [-0.3, -0.25) is 4.79 Å². The fourth-order valence-electron chi connectivity index (χ4n) is 5.56. The van der Waals surface area contributed by atoms with Gasteiger partial charge in [0.05, 0.1) is 42.2 Å². The molecule has 9 heteroatoms. The van der Waals surface area contributed by atoms with Gasteiger partial charge in [0.15, 0.2) is 5.60 Å². The van der Waals surface area contributed by atoms with Gasteiger partial charge in [-0.1, -0.05) is 19.8 Å². The van der Waals surface area contributed by atoms with Gasteiger partial charge in [0.2, 0.25) is 0 Å². The number of fused-ring (bicyclic) bond motifs is 5. The first-order valence-corrected chi connectivity index (χ1v) is 13.0. The van der Waals surface area contributed by atoms with Crippen LogP contribution in [0.1, 0.15) is 66.5 Å². The Morgan fingerprint density at radius 2 is 2.00 bits per heavy atom. The van der Waals surface area contributed by atoms with E-state index in [9.17, 15) is 19.1 Å². The Morgan fingerprint density at radius 1 is 1.28 bits per heavy atom. The van der Waals surface area contributed by atoms with Crippen molar-refractivity contribution in [3.05, 3.63) is 61.7 Å². The molecule has 1 aromatic carbocycles. The van der Waals surface area contributed by atoms with E-state index in [1.54, 1.807) is 24.7 Å². The van der Waals surface area contributed by atoms with E-state index in [1.807, 2.05) is 13.8 Å². The van der Waals surface area contributed by atoms with Crippen LogP contribution in [0.25, 0.3) is 22.3 Å². The van der Waals surface area contributed by atoms with E-state index < -0.39 is 11.6 Å². The van der Waals surface area contributed by atoms with Crippen molar-refractivity contribution in [2.45, 2.75) is 65.2 Å². The maximum Gasteiger partial charge on any atom is 0.342 e. The van der Waals surface area contributed by atoms with Gasteiger partial charge in [-0.2, -0.15) is 0 Å². The molecule has 0 saturated heterocycles. The van der Waals surface area contributed by atoms with Gasteiger partial charge >= 0.3 is 5.97 Å². The Balaban J connectivity index is 0.000000456. The number of esters is 1. The van der Waals surface area contributed by atoms with Crippen molar-refractivity contribution in [2.75, 3.05) is 20.3 Å². The Kier molecular flexibility index (Phi) is 7.94. The lowest BCUT2D eigenvalue weighted by molar-refractivity contribution is -0.169. The molecular formula is C30H33FN2O6. The summed E-state index contributed by atoms with van der Waals surface area (Å²) in [5, 5.41) is 19.6. The number of halogens is 1. The number of aromatic nitrogens is 2. The number of benzene rings is 1. The van der Waals surface area contributed by atoms with Gasteiger partial charge in [-0.25, -0.2) is 14.2 Å². The summed E-state index contributed by atoms with van der Waals surface area (Å²) >= 11 is 0. The molecule has 0 bridgehead atoms. The number of pyridine rings is 2. The number of hydrogen-bond donors (Lipinski definition) is 2. The zero-order valence-electron chi connectivity index (χ0n) is 22.9. The van der Waals surface area contributed by atoms with Crippen molar-refractivity contribution in [3.8, 4) is 23.7 Å². The predicted octanol–water partition coefficient (Wildman–Crippen LogP) is 3.45. The van der Waals surface area contributed by atoms with Gasteiger partial charge in [0, 0.05) is 35.6 Å². The van der Waals surface area contributed by atoms with E-state index in [1.165, 1.54) is 13.0 Å². The van der Waals surface area contributed by atoms with E-state index in [-0.39, 0.29) is 48.2 Å². The lowest BCUT2D eigenvalue weighted by atomic mass is 9.78. The number of rotatable bonds is 2. The van der Waals surface area contributed by atoms with Crippen LogP contribution in [0.15, 0.2) is 16.9 Å². The molecule has 206 valence electrons. The zero-order chi connectivity index (χ0) is 28.6. The summed E-state index contributed by atoms with van der Waals surface area (Å²) < 4.78 is 25.8. The predicted molar refractivity (Wildman–Crippen MR) is 145 cm³/mol. The second-order valence-electron chi connectivity index (χ2n) is 9.64. The molecule has 2 N–H and O–H groups in total. The van der Waals surface area contributed by atoms with Gasteiger partial charge < -0.3 is 24.3 Å². The average Bonchev–Trinajstić information content (AvgIpc) is 3.30. The first kappa shape index (κ1) is 28.4. The Hall–Kier alpha value is -3.58. The Labute approximate surface area is 226 Å². The van der Waals surface area contributed by atoms with E-state index in [0.29, 0.717) is 41.9 Å². The lowest BCUT2D eigenvalue weighted by Gasteiger charge is -2.29. The molecule has 0 saturated carbocycles. The number of carbonyl (C=O) groups is 1. The molecule has 3 aromatic rings. The standard InChI is InChI=1S/C25H19FN2O4.C3H8O2.C2H6/c1-4-12-5-6-13-11(2)17(26)8-18-21(13)20(12)14-9-28-19(22(14)27-18)7-16-15(23(28)29)10-32-24(30)25(16,3)31;1-5-3-2-4;1-2/h1,7-8,12,31H,5-6,9-10H2,2-3H3;4H,2-3H2,1H3;1-2H3. The van der Waals surface area contributed by atoms with Gasteiger partial charge in [-0.05, 0) is 49.4 Å². The number of terminal acetylenes is 1. The SMILES string of the molecule is C#CC1CCc2c(C)c(F)cc3nc4c(c1c23)Cn1c-4cc2c(c1=O)COC(=O)C2(C)O.CC.COCCO. The zero-order valence-corrected chi connectivity index (χ0v) is 22.9. The van der Waals surface area contributed by atoms with Gasteiger partial charge in [0.1, 0.15) is 12.4 Å². The maximum absolute atomic E-state index is 14.7. The van der Waals surface area contributed by atoms with Crippen LogP contribution in [0, 0.1) is 25.1 Å². The number of carbonyl (C=O) groups excluding carboxylic acids is 1. The van der Waals surface area contributed by atoms with E-state index in [0.717, 1.165) is 22.1 Å². The number of methoxy groups -OCH3 is 1. The quantitative estimate of drug-likeness (QED) is 0.298. The second-order valence-corrected chi connectivity index (χ2v) is 9.64. The molecule has 2 aromatic heterocycles. The van der Waals surface area contributed by atoms with Crippen LogP contribution in [-0.2, 0) is 39.4 Å². The highest BCUT2D eigenvalue weighted by Crippen LogP contribution is 2.46. The first-order valence-electron chi connectivity index (χ1n) is 13.0. The minimum absolute atomic E-state index is 0.122. The molecule has 0 spiro atoms. The molecule has 39 heavy (non-hydrogen) atoms. The molecule has 0 fully saturated rings. The second kappa shape index (κ2) is 10.9. The molecule has 8 nitrogen and oxygen atoms in total. The molecule has 4 heterocycles. The maximum atomic E-state index is 14.7. The van der Waals surface area contributed by atoms with Crippen molar-refractivity contribution in [2.24, 2.45) is 0 Å². The molecular weight excluding hydrogens is 503 g/mol. The number of aryl methyl sites for hydroxylation is 1. The van der Waals surface area contributed by atoms with E-state index >= 15 is 0 Å². The van der Waals surface area contributed by atoms with Crippen molar-refractivity contribution >= 4 is 16.9 Å². The summed E-state index contributed by atoms with van der Waals surface area (Å²) in [6.07, 6.45) is 7.25. The molecule has 2 aliphatic heterocycles. The number of nitrogens with zero attached hydrogens (tertiary/aromatic N) is 2. The minimum Gasteiger partial charge on any atom is -0.458 e. The normalized spacial score (nSPS) is 19.9. The van der Waals surface area contributed by atoms with Crippen LogP contribution < -0.4 is 5.56 Å². The summed E-state index contributed by atoms with van der Waals surface area (Å²) in [6, 6.07) is 3.05. The fourth-order valence-corrected chi connectivity index (χ4v) is 5.56. The number of cyclic esters (lactones) is 1. The third-order valence-electron chi connectivity index (χ3n) is 7.50. The van der Waals surface area contributed by atoms with Crippen molar-refractivity contribution in [3.63, 3.8) is 0 Å². The van der Waals surface area contributed by atoms with Crippen LogP contribution in [0.5, 0.6) is 0 Å². The lowest BCUT2D eigenvalue weighted by Crippen LogP contribution is -2.42. The van der Waals surface area contributed by atoms with Crippen LogP contribution in [0.2, 0.25) is 0 Å². The highest BCUT2D eigenvalue weighted by Gasteiger charge is 2.43. The van der Waals surface area contributed by atoms with Crippen LogP contribution in [0.3, 0.4) is 0 Å². The molecule has 3 aliphatic rings. The highest BCUT2D eigenvalue weighted by molar-refractivity contribution is 5.93. The highest BCUT2D eigenvalue weighted by atomic mass is 19.1. The molecule has 2 unspecified atom stereocenters. The summed E-state index contributed by atoms with van der Waals surface area (Å²) in [4.78, 5) is 30.2. The largest absolute Gasteiger partial charge is 0.458 e. The molecule has 6 rings (SSSR count). The monoisotopic (exact) mass is 536 g/mol. The summed E-state index contributed by atoms with van der Waals surface area (Å²) in [7, 11) is 1.55. The summed E-state index contributed by atoms with van der Waals surface area (Å²) in [5.74, 6) is 1.58. The van der Waals surface area contributed by atoms with Crippen molar-refractivity contribution in [1.29, 1.82) is 0 Å². The fraction of sp³-hybridized carbons (Fsp3) is 0.433. The van der Waals surface area contributed by atoms with E-state index in [4.69, 9.17) is 21.3 Å². The number of aliphatic hydroxyl groups is 2. The first-order chi connectivity index (χ1) is 18.6. The summed E-state index contributed by atoms with van der Waals surface area (Å²) in [6.45, 7) is 7.74. The molecule has 2 atom stereocenters. The summed E-state index contributed by atoms with van der Waals surface area (Å²) in [5.41, 5.74) is 3.02. The van der Waals surface area contributed by atoms with Crippen LogP contribution in [-0.4, -0.2) is 46.1 Å².